The summed E-state index contributed by atoms with van der Waals surface area (Å²) in [6, 6.07) is 44.8. The lowest BCUT2D eigenvalue weighted by molar-refractivity contribution is 0.531. The summed E-state index contributed by atoms with van der Waals surface area (Å²) in [6.07, 6.45) is 6.62. The zero-order chi connectivity index (χ0) is 29.1. The van der Waals surface area contributed by atoms with Crippen LogP contribution < -0.4 is 4.90 Å². The Labute approximate surface area is 254 Å². The predicted molar refractivity (Wildman–Crippen MR) is 182 cm³/mol. The number of allylic oxidation sites excluding steroid dienone is 3. The molecular weight excluding hydrogens is 520 g/mol. The first-order valence-corrected chi connectivity index (χ1v) is 15.1. The second-order valence-corrected chi connectivity index (χ2v) is 12.3. The van der Waals surface area contributed by atoms with Gasteiger partial charge >= 0.3 is 0 Å². The molecule has 3 aliphatic rings. The monoisotopic (exact) mass is 554 g/mol. The molecule has 2 heterocycles. The third-order valence-electron chi connectivity index (χ3n) is 9.33. The second-order valence-electron chi connectivity index (χ2n) is 12.3. The third kappa shape index (κ3) is 3.94. The molecule has 0 saturated carbocycles. The van der Waals surface area contributed by atoms with E-state index >= 15 is 0 Å². The number of rotatable bonds is 3. The van der Waals surface area contributed by atoms with Crippen LogP contribution in [0.1, 0.15) is 41.7 Å². The van der Waals surface area contributed by atoms with Gasteiger partial charge in [0.2, 0.25) is 0 Å². The SMILES string of the molecule is CN1CC=CC=C1c1cc(-c2ccccc2)cc(N2c3ccccc3C3=C(c4ccccc42)C(C)(C)c2ccccc23)c1. The highest BCUT2D eigenvalue weighted by atomic mass is 15.2. The summed E-state index contributed by atoms with van der Waals surface area (Å²) in [7, 11) is 2.18. The minimum Gasteiger partial charge on any atom is -0.370 e. The summed E-state index contributed by atoms with van der Waals surface area (Å²) >= 11 is 0. The fraction of sp³-hybridized carbons (Fsp3) is 0.122. The molecule has 0 atom stereocenters. The number of likely N-dealkylation sites (N-methyl/N-ethyl adjacent to an activating group) is 1. The molecule has 2 nitrogen and oxygen atoms in total. The number of nitrogens with zero attached hydrogens (tertiary/aromatic N) is 2. The van der Waals surface area contributed by atoms with Gasteiger partial charge in [-0.15, -0.1) is 0 Å². The molecule has 0 amide bonds. The molecule has 2 aliphatic heterocycles. The van der Waals surface area contributed by atoms with Crippen LogP contribution in [-0.4, -0.2) is 18.5 Å². The van der Waals surface area contributed by atoms with E-state index in [1.54, 1.807) is 0 Å². The molecule has 2 heteroatoms. The zero-order valence-electron chi connectivity index (χ0n) is 24.9. The molecule has 1 aliphatic carbocycles. The maximum absolute atomic E-state index is 2.50. The van der Waals surface area contributed by atoms with Crippen LogP contribution in [0.15, 0.2) is 140 Å². The van der Waals surface area contributed by atoms with Crippen LogP contribution in [0, 0.1) is 0 Å². The van der Waals surface area contributed by atoms with E-state index in [1.165, 1.54) is 67.2 Å². The van der Waals surface area contributed by atoms with Crippen molar-refractivity contribution in [2.45, 2.75) is 19.3 Å². The highest BCUT2D eigenvalue weighted by Gasteiger charge is 2.42. The van der Waals surface area contributed by atoms with Crippen LogP contribution >= 0.6 is 0 Å². The average Bonchev–Trinajstić information content (AvgIpc) is 3.19. The third-order valence-corrected chi connectivity index (χ3v) is 9.33. The first-order chi connectivity index (χ1) is 21.0. The highest BCUT2D eigenvalue weighted by molar-refractivity contribution is 6.14. The Hall–Kier alpha value is -5.08. The molecule has 0 unspecified atom stereocenters. The summed E-state index contributed by atoms with van der Waals surface area (Å²) in [6.45, 7) is 5.67. The number of fused-ring (bicyclic) bond motifs is 6. The fourth-order valence-corrected chi connectivity index (χ4v) is 7.35. The van der Waals surface area contributed by atoms with Crippen LogP contribution in [0.3, 0.4) is 0 Å². The van der Waals surface area contributed by atoms with E-state index < -0.39 is 0 Å². The predicted octanol–water partition coefficient (Wildman–Crippen LogP) is 10.2. The van der Waals surface area contributed by atoms with Gasteiger partial charge < -0.3 is 9.80 Å². The minimum absolute atomic E-state index is 0.135. The molecule has 0 radical (unpaired) electrons. The lowest BCUT2D eigenvalue weighted by atomic mass is 9.77. The summed E-state index contributed by atoms with van der Waals surface area (Å²) in [5.74, 6) is 0. The summed E-state index contributed by atoms with van der Waals surface area (Å²) in [5.41, 5.74) is 16.4. The Kier molecular flexibility index (Phi) is 5.80. The molecular formula is C41H34N2. The molecule has 5 aromatic rings. The lowest BCUT2D eigenvalue weighted by Gasteiger charge is -2.32. The van der Waals surface area contributed by atoms with Crippen LogP contribution in [0.25, 0.3) is 28.0 Å². The van der Waals surface area contributed by atoms with Crippen LogP contribution in [-0.2, 0) is 5.41 Å². The zero-order valence-corrected chi connectivity index (χ0v) is 24.9. The maximum Gasteiger partial charge on any atom is 0.0540 e. The normalized spacial score (nSPS) is 16.2. The Morgan fingerprint density at radius 2 is 1.23 bits per heavy atom. The van der Waals surface area contributed by atoms with E-state index in [9.17, 15) is 0 Å². The molecule has 0 aromatic heterocycles. The van der Waals surface area contributed by atoms with E-state index in [4.69, 9.17) is 0 Å². The minimum atomic E-state index is -0.135. The summed E-state index contributed by atoms with van der Waals surface area (Å²) in [4.78, 5) is 4.82. The van der Waals surface area contributed by atoms with Crippen molar-refractivity contribution in [1.29, 1.82) is 0 Å². The van der Waals surface area contributed by atoms with E-state index in [0.717, 1.165) is 12.2 Å². The van der Waals surface area contributed by atoms with Crippen LogP contribution in [0.4, 0.5) is 17.1 Å². The summed E-state index contributed by atoms with van der Waals surface area (Å²) in [5, 5.41) is 0. The van der Waals surface area contributed by atoms with E-state index in [-0.39, 0.29) is 5.41 Å². The molecule has 0 saturated heterocycles. The van der Waals surface area contributed by atoms with Gasteiger partial charge in [0.05, 0.1) is 11.4 Å². The van der Waals surface area contributed by atoms with Crippen molar-refractivity contribution in [2.24, 2.45) is 0 Å². The molecule has 43 heavy (non-hydrogen) atoms. The van der Waals surface area contributed by atoms with Gasteiger partial charge in [0.25, 0.3) is 0 Å². The van der Waals surface area contributed by atoms with E-state index in [0.29, 0.717) is 0 Å². The van der Waals surface area contributed by atoms with Crippen molar-refractivity contribution in [1.82, 2.24) is 4.90 Å². The quantitative estimate of drug-likeness (QED) is 0.219. The largest absolute Gasteiger partial charge is 0.370 e. The molecule has 0 bridgehead atoms. The Balaban J connectivity index is 1.44. The highest BCUT2D eigenvalue weighted by Crippen LogP contribution is 2.59. The van der Waals surface area contributed by atoms with Gasteiger partial charge in [-0.3, -0.25) is 0 Å². The van der Waals surface area contributed by atoms with Crippen LogP contribution in [0.2, 0.25) is 0 Å². The lowest BCUT2D eigenvalue weighted by Crippen LogP contribution is -2.20. The standard InChI is InChI=1S/C41H34N2/c1-41(2)35-20-10-7-17-32(35)39-33-18-8-11-22-37(33)43(38-23-12-9-19-34(38)40(39)41)31-26-29(28-15-5-4-6-16-28)25-30(27-31)36-21-13-14-24-42(36)3/h4-23,25-27H,24H2,1-3H3. The van der Waals surface area contributed by atoms with Crippen molar-refractivity contribution in [3.05, 3.63) is 167 Å². The fourth-order valence-electron chi connectivity index (χ4n) is 7.35. The van der Waals surface area contributed by atoms with Crippen molar-refractivity contribution >= 4 is 33.9 Å². The average molecular weight is 555 g/mol. The van der Waals surface area contributed by atoms with Gasteiger partial charge in [-0.25, -0.2) is 0 Å². The number of hydrogen-bond donors (Lipinski definition) is 0. The van der Waals surface area contributed by atoms with Gasteiger partial charge in [-0.2, -0.15) is 0 Å². The number of para-hydroxylation sites is 2. The van der Waals surface area contributed by atoms with Gasteiger partial charge in [0.15, 0.2) is 0 Å². The number of anilines is 3. The topological polar surface area (TPSA) is 6.48 Å². The van der Waals surface area contributed by atoms with Crippen molar-refractivity contribution in [2.75, 3.05) is 18.5 Å². The van der Waals surface area contributed by atoms with Gasteiger partial charge in [0.1, 0.15) is 0 Å². The molecule has 0 spiro atoms. The molecule has 0 N–H and O–H groups in total. The second kappa shape index (κ2) is 9.74. The van der Waals surface area contributed by atoms with E-state index in [1.807, 2.05) is 0 Å². The van der Waals surface area contributed by atoms with Crippen molar-refractivity contribution in [3.63, 3.8) is 0 Å². The van der Waals surface area contributed by atoms with Gasteiger partial charge in [0, 0.05) is 47.1 Å². The first-order valence-electron chi connectivity index (χ1n) is 15.1. The summed E-state index contributed by atoms with van der Waals surface area (Å²) < 4.78 is 0. The molecule has 8 rings (SSSR count). The first kappa shape index (κ1) is 25.6. The van der Waals surface area contributed by atoms with Crippen LogP contribution in [0.5, 0.6) is 0 Å². The molecule has 5 aromatic carbocycles. The van der Waals surface area contributed by atoms with E-state index in [2.05, 4.69) is 170 Å². The van der Waals surface area contributed by atoms with Gasteiger partial charge in [-0.1, -0.05) is 117 Å². The Morgan fingerprint density at radius 1 is 0.605 bits per heavy atom. The van der Waals surface area contributed by atoms with Crippen molar-refractivity contribution in [3.8, 4) is 11.1 Å². The molecule has 208 valence electrons. The smallest absolute Gasteiger partial charge is 0.0540 e. The number of benzene rings is 5. The number of hydrogen-bond acceptors (Lipinski definition) is 2. The van der Waals surface area contributed by atoms with Crippen molar-refractivity contribution < 1.29 is 0 Å². The Bertz CT molecular complexity index is 1990. The molecule has 0 fully saturated rings. The maximum atomic E-state index is 2.50. The Morgan fingerprint density at radius 3 is 2.00 bits per heavy atom. The van der Waals surface area contributed by atoms with Gasteiger partial charge in [-0.05, 0) is 69.8 Å².